The third-order valence-corrected chi connectivity index (χ3v) is 5.06. The van der Waals surface area contributed by atoms with E-state index in [4.69, 9.17) is 9.72 Å². The Morgan fingerprint density at radius 1 is 1.17 bits per heavy atom. The van der Waals surface area contributed by atoms with Crippen LogP contribution in [-0.4, -0.2) is 28.6 Å². The molecule has 0 aliphatic heterocycles. The van der Waals surface area contributed by atoms with Gasteiger partial charge in [0.15, 0.2) is 0 Å². The molecule has 0 radical (unpaired) electrons. The topological polar surface area (TPSA) is 56.2 Å². The number of rotatable bonds is 9. The standard InChI is InChI=1S/C24H29N3O2/c1-4-9-24(28)25-15-8-14-23-26-20-11-5-6-12-21(20)27(23)16-17-29-22-13-7-10-18(2)19(22)3/h4-7,9-13H,8,14-17H2,1-3H3,(H,25,28)/b9-4-. The van der Waals surface area contributed by atoms with Crippen molar-refractivity contribution in [2.24, 2.45) is 0 Å². The summed E-state index contributed by atoms with van der Waals surface area (Å²) in [5.41, 5.74) is 4.52. The molecule has 0 aliphatic carbocycles. The van der Waals surface area contributed by atoms with Crippen LogP contribution in [-0.2, 0) is 17.8 Å². The number of nitrogens with zero attached hydrogens (tertiary/aromatic N) is 2. The zero-order chi connectivity index (χ0) is 20.6. The molecule has 0 atom stereocenters. The Morgan fingerprint density at radius 3 is 2.83 bits per heavy atom. The summed E-state index contributed by atoms with van der Waals surface area (Å²) >= 11 is 0. The Labute approximate surface area is 172 Å². The quantitative estimate of drug-likeness (QED) is 0.436. The smallest absolute Gasteiger partial charge is 0.243 e. The molecule has 1 aromatic heterocycles. The van der Waals surface area contributed by atoms with Gasteiger partial charge in [-0.3, -0.25) is 4.79 Å². The van der Waals surface area contributed by atoms with Crippen LogP contribution in [0.3, 0.4) is 0 Å². The second-order valence-corrected chi connectivity index (χ2v) is 7.11. The lowest BCUT2D eigenvalue weighted by Crippen LogP contribution is -2.23. The second kappa shape index (κ2) is 9.92. The molecule has 5 nitrogen and oxygen atoms in total. The van der Waals surface area contributed by atoms with Gasteiger partial charge in [-0.05, 0) is 62.6 Å². The number of carbonyl (C=O) groups is 1. The van der Waals surface area contributed by atoms with Crippen molar-refractivity contribution in [1.29, 1.82) is 0 Å². The molecule has 5 heteroatoms. The molecular formula is C24H29N3O2. The van der Waals surface area contributed by atoms with Crippen LogP contribution < -0.4 is 10.1 Å². The Hall–Kier alpha value is -3.08. The number of aryl methyl sites for hydroxylation is 2. The van der Waals surface area contributed by atoms with Gasteiger partial charge in [0.25, 0.3) is 0 Å². The van der Waals surface area contributed by atoms with Crippen molar-refractivity contribution in [3.63, 3.8) is 0 Å². The maximum absolute atomic E-state index is 11.6. The maximum Gasteiger partial charge on any atom is 0.243 e. The summed E-state index contributed by atoms with van der Waals surface area (Å²) in [6.45, 7) is 7.96. The van der Waals surface area contributed by atoms with Crippen LogP contribution in [0.25, 0.3) is 11.0 Å². The number of allylic oxidation sites excluding steroid dienone is 1. The van der Waals surface area contributed by atoms with Crippen LogP contribution in [0.15, 0.2) is 54.6 Å². The first kappa shape index (κ1) is 20.6. The average Bonchev–Trinajstić information content (AvgIpc) is 3.06. The van der Waals surface area contributed by atoms with E-state index in [1.807, 2.05) is 37.3 Å². The molecule has 0 bridgehead atoms. The lowest BCUT2D eigenvalue weighted by Gasteiger charge is -2.13. The van der Waals surface area contributed by atoms with Gasteiger partial charge in [-0.15, -0.1) is 0 Å². The minimum absolute atomic E-state index is 0.0528. The van der Waals surface area contributed by atoms with E-state index in [1.165, 1.54) is 11.1 Å². The highest BCUT2D eigenvalue weighted by Gasteiger charge is 2.11. The lowest BCUT2D eigenvalue weighted by molar-refractivity contribution is -0.116. The highest BCUT2D eigenvalue weighted by Crippen LogP contribution is 2.21. The molecule has 29 heavy (non-hydrogen) atoms. The van der Waals surface area contributed by atoms with Crippen LogP contribution in [0.1, 0.15) is 30.3 Å². The fourth-order valence-corrected chi connectivity index (χ4v) is 3.36. The molecule has 3 aromatic rings. The van der Waals surface area contributed by atoms with Gasteiger partial charge >= 0.3 is 0 Å². The number of amides is 1. The van der Waals surface area contributed by atoms with Crippen LogP contribution in [0.4, 0.5) is 0 Å². The fraction of sp³-hybridized carbons (Fsp3) is 0.333. The van der Waals surface area contributed by atoms with Crippen molar-refractivity contribution >= 4 is 16.9 Å². The number of ether oxygens (including phenoxy) is 1. The Kier molecular flexibility index (Phi) is 7.06. The number of carbonyl (C=O) groups excluding carboxylic acids is 1. The summed E-state index contributed by atoms with van der Waals surface area (Å²) in [6.07, 6.45) is 4.92. The summed E-state index contributed by atoms with van der Waals surface area (Å²) in [5, 5.41) is 2.90. The Balaban J connectivity index is 1.66. The molecule has 152 valence electrons. The minimum Gasteiger partial charge on any atom is -0.491 e. The molecule has 0 spiro atoms. The van der Waals surface area contributed by atoms with E-state index in [-0.39, 0.29) is 5.91 Å². The van der Waals surface area contributed by atoms with Crippen molar-refractivity contribution < 1.29 is 9.53 Å². The number of nitrogens with one attached hydrogen (secondary N) is 1. The molecule has 3 rings (SSSR count). The van der Waals surface area contributed by atoms with E-state index in [2.05, 4.69) is 35.9 Å². The van der Waals surface area contributed by atoms with Gasteiger partial charge in [0, 0.05) is 13.0 Å². The van der Waals surface area contributed by atoms with Gasteiger partial charge < -0.3 is 14.6 Å². The normalized spacial score (nSPS) is 11.3. The van der Waals surface area contributed by atoms with Crippen LogP contribution in [0.5, 0.6) is 5.75 Å². The summed E-state index contributed by atoms with van der Waals surface area (Å²) in [5.74, 6) is 1.90. The van der Waals surface area contributed by atoms with Gasteiger partial charge in [-0.25, -0.2) is 4.98 Å². The van der Waals surface area contributed by atoms with Gasteiger partial charge in [-0.2, -0.15) is 0 Å². The first-order valence-electron chi connectivity index (χ1n) is 10.1. The van der Waals surface area contributed by atoms with E-state index < -0.39 is 0 Å². The van der Waals surface area contributed by atoms with Crippen molar-refractivity contribution in [2.45, 2.75) is 40.2 Å². The molecule has 1 N–H and O–H groups in total. The highest BCUT2D eigenvalue weighted by molar-refractivity contribution is 5.87. The predicted molar refractivity (Wildman–Crippen MR) is 117 cm³/mol. The number of aromatic nitrogens is 2. The molecule has 0 saturated heterocycles. The number of imidazole rings is 1. The molecule has 0 fully saturated rings. The van der Waals surface area contributed by atoms with E-state index in [9.17, 15) is 4.79 Å². The largest absolute Gasteiger partial charge is 0.491 e. The second-order valence-electron chi connectivity index (χ2n) is 7.11. The van der Waals surface area contributed by atoms with Crippen molar-refractivity contribution in [1.82, 2.24) is 14.9 Å². The maximum atomic E-state index is 11.6. The minimum atomic E-state index is -0.0528. The molecule has 1 amide bonds. The van der Waals surface area contributed by atoms with Crippen LogP contribution in [0, 0.1) is 13.8 Å². The first-order chi connectivity index (χ1) is 14.1. The molecular weight excluding hydrogens is 362 g/mol. The number of fused-ring (bicyclic) bond motifs is 1. The first-order valence-corrected chi connectivity index (χ1v) is 10.1. The van der Waals surface area contributed by atoms with Crippen molar-refractivity contribution in [3.05, 3.63) is 71.6 Å². The van der Waals surface area contributed by atoms with E-state index in [0.29, 0.717) is 13.2 Å². The molecule has 0 aliphatic rings. The van der Waals surface area contributed by atoms with Gasteiger partial charge in [0.05, 0.1) is 17.6 Å². The molecule has 0 unspecified atom stereocenters. The van der Waals surface area contributed by atoms with Gasteiger partial charge in [0.2, 0.25) is 5.91 Å². The summed E-state index contributed by atoms with van der Waals surface area (Å²) in [4.78, 5) is 16.4. The SMILES string of the molecule is C/C=C\C(=O)NCCCc1nc2ccccc2n1CCOc1cccc(C)c1C. The monoisotopic (exact) mass is 391 g/mol. The zero-order valence-corrected chi connectivity index (χ0v) is 17.4. The number of hydrogen-bond acceptors (Lipinski definition) is 3. The summed E-state index contributed by atoms with van der Waals surface area (Å²) in [7, 11) is 0. The molecule has 0 saturated carbocycles. The van der Waals surface area contributed by atoms with E-state index in [0.717, 1.165) is 42.0 Å². The number of benzene rings is 2. The lowest BCUT2D eigenvalue weighted by atomic mass is 10.1. The third kappa shape index (κ3) is 5.25. The number of hydrogen-bond donors (Lipinski definition) is 1. The predicted octanol–water partition coefficient (Wildman–Crippen LogP) is 4.36. The Bertz CT molecular complexity index is 1000. The molecule has 2 aromatic carbocycles. The number of para-hydroxylation sites is 2. The molecule has 1 heterocycles. The van der Waals surface area contributed by atoms with Crippen LogP contribution >= 0.6 is 0 Å². The van der Waals surface area contributed by atoms with Gasteiger partial charge in [-0.1, -0.05) is 30.3 Å². The van der Waals surface area contributed by atoms with Crippen molar-refractivity contribution in [2.75, 3.05) is 13.2 Å². The fourth-order valence-electron chi connectivity index (χ4n) is 3.36. The van der Waals surface area contributed by atoms with Gasteiger partial charge in [0.1, 0.15) is 18.2 Å². The van der Waals surface area contributed by atoms with Crippen molar-refractivity contribution in [3.8, 4) is 5.75 Å². The highest BCUT2D eigenvalue weighted by atomic mass is 16.5. The van der Waals surface area contributed by atoms with E-state index in [1.54, 1.807) is 12.2 Å². The average molecular weight is 392 g/mol. The van der Waals surface area contributed by atoms with Crippen LogP contribution in [0.2, 0.25) is 0 Å². The third-order valence-electron chi connectivity index (χ3n) is 5.06. The summed E-state index contributed by atoms with van der Waals surface area (Å²) < 4.78 is 8.30. The Morgan fingerprint density at radius 2 is 2.00 bits per heavy atom. The zero-order valence-electron chi connectivity index (χ0n) is 17.4. The van der Waals surface area contributed by atoms with E-state index >= 15 is 0 Å². The summed E-state index contributed by atoms with van der Waals surface area (Å²) in [6, 6.07) is 14.3.